The Labute approximate surface area is 138 Å². The minimum Gasteiger partial charge on any atom is -0.549 e. The Balaban J connectivity index is 2.00. The van der Waals surface area contributed by atoms with Crippen LogP contribution in [-0.4, -0.2) is 22.2 Å². The number of benzene rings is 1. The van der Waals surface area contributed by atoms with Crippen LogP contribution >= 0.6 is 23.1 Å². The third-order valence-electron chi connectivity index (χ3n) is 4.07. The number of aryl methyl sites for hydroxylation is 1. The lowest BCUT2D eigenvalue weighted by Gasteiger charge is -2.39. The largest absolute Gasteiger partial charge is 0.549 e. The van der Waals surface area contributed by atoms with E-state index in [0.717, 1.165) is 34.2 Å². The standard InChI is InChI=1S/C15H11NO5S2/c1-5-2-3-7-6(4-5)8-9(14(19)21-7)11(13(17)18)22-12-10(8)23-15(20)16-12/h2-4,8-9,11H,1H3,(H,16,20)(H,17,18)/p-1/t8-,9+,11-/m0/s1. The smallest absolute Gasteiger partial charge is 0.316 e. The van der Waals surface area contributed by atoms with Crippen molar-refractivity contribution in [1.29, 1.82) is 0 Å². The maximum atomic E-state index is 12.4. The summed E-state index contributed by atoms with van der Waals surface area (Å²) in [4.78, 5) is 38.7. The number of aromatic nitrogens is 1. The molecule has 1 N–H and O–H groups in total. The van der Waals surface area contributed by atoms with E-state index in [1.54, 1.807) is 6.07 Å². The molecule has 0 fully saturated rings. The quantitative estimate of drug-likeness (QED) is 0.600. The minimum absolute atomic E-state index is 0.270. The number of fused-ring (bicyclic) bond motifs is 5. The SMILES string of the molecule is Cc1ccc2c(c1)[C@@H]1c3sc(=O)[nH]c3S[C@H](C(=O)[O-])[C@@H]1C(=O)O2. The molecule has 8 heteroatoms. The summed E-state index contributed by atoms with van der Waals surface area (Å²) in [6.07, 6.45) is 0. The Hall–Kier alpha value is -2.06. The Morgan fingerprint density at radius 2 is 2.13 bits per heavy atom. The molecule has 118 valence electrons. The van der Waals surface area contributed by atoms with Crippen molar-refractivity contribution in [3.8, 4) is 5.75 Å². The number of carboxylic acid groups (broad SMARTS) is 1. The Morgan fingerprint density at radius 3 is 2.87 bits per heavy atom. The van der Waals surface area contributed by atoms with Crippen LogP contribution in [0.2, 0.25) is 0 Å². The molecule has 2 aliphatic heterocycles. The summed E-state index contributed by atoms with van der Waals surface area (Å²) in [5.74, 6) is -2.93. The molecule has 0 bridgehead atoms. The first-order valence-electron chi connectivity index (χ1n) is 6.88. The first-order valence-corrected chi connectivity index (χ1v) is 8.58. The van der Waals surface area contributed by atoms with E-state index >= 15 is 0 Å². The van der Waals surface area contributed by atoms with Gasteiger partial charge in [0.25, 0.3) is 0 Å². The molecule has 0 aliphatic carbocycles. The van der Waals surface area contributed by atoms with Crippen LogP contribution in [0.3, 0.4) is 0 Å². The van der Waals surface area contributed by atoms with Crippen LogP contribution in [0, 0.1) is 12.8 Å². The fourth-order valence-corrected chi connectivity index (χ4v) is 5.52. The molecule has 6 nitrogen and oxygen atoms in total. The number of thiazole rings is 1. The molecule has 1 aromatic carbocycles. The number of aliphatic carboxylic acids is 1. The third-order valence-corrected chi connectivity index (χ3v) is 6.46. The minimum atomic E-state index is -1.34. The number of H-pyrrole nitrogens is 1. The second-order valence-corrected chi connectivity index (χ2v) is 7.70. The van der Waals surface area contributed by atoms with E-state index in [1.165, 1.54) is 0 Å². The van der Waals surface area contributed by atoms with Crippen molar-refractivity contribution in [3.05, 3.63) is 43.9 Å². The van der Waals surface area contributed by atoms with Crippen molar-refractivity contribution in [2.24, 2.45) is 5.92 Å². The molecular weight excluding hydrogens is 338 g/mol. The molecule has 0 radical (unpaired) electrons. The average Bonchev–Trinajstić information content (AvgIpc) is 2.86. The summed E-state index contributed by atoms with van der Waals surface area (Å²) >= 11 is 1.95. The lowest BCUT2D eigenvalue weighted by Crippen LogP contribution is -2.48. The Bertz CT molecular complexity index is 900. The first-order chi connectivity index (χ1) is 11.0. The predicted molar refractivity (Wildman–Crippen MR) is 81.7 cm³/mol. The van der Waals surface area contributed by atoms with Gasteiger partial charge >= 0.3 is 10.8 Å². The van der Waals surface area contributed by atoms with Gasteiger partial charge < -0.3 is 19.6 Å². The van der Waals surface area contributed by atoms with Crippen LogP contribution in [0.4, 0.5) is 0 Å². The number of carboxylic acids is 1. The zero-order valence-electron chi connectivity index (χ0n) is 11.8. The van der Waals surface area contributed by atoms with Crippen molar-refractivity contribution in [1.82, 2.24) is 4.98 Å². The van der Waals surface area contributed by atoms with Crippen LogP contribution in [0.5, 0.6) is 5.75 Å². The van der Waals surface area contributed by atoms with E-state index in [-0.39, 0.29) is 4.87 Å². The van der Waals surface area contributed by atoms with Crippen LogP contribution in [0.1, 0.15) is 21.9 Å². The van der Waals surface area contributed by atoms with Crippen LogP contribution in [-0.2, 0) is 9.59 Å². The van der Waals surface area contributed by atoms with Crippen LogP contribution < -0.4 is 14.7 Å². The number of hydrogen-bond acceptors (Lipinski definition) is 7. The van der Waals surface area contributed by atoms with E-state index in [0.29, 0.717) is 15.7 Å². The fraction of sp³-hybridized carbons (Fsp3) is 0.267. The first kappa shape index (κ1) is 14.5. The van der Waals surface area contributed by atoms with Crippen LogP contribution in [0.15, 0.2) is 28.0 Å². The lowest BCUT2D eigenvalue weighted by atomic mass is 9.79. The summed E-state index contributed by atoms with van der Waals surface area (Å²) in [6.45, 7) is 1.90. The van der Waals surface area contributed by atoms with Gasteiger partial charge in [-0.15, -0.1) is 0 Å². The van der Waals surface area contributed by atoms with Gasteiger partial charge in [-0.3, -0.25) is 9.59 Å². The topological polar surface area (TPSA) is 99.3 Å². The highest BCUT2D eigenvalue weighted by Gasteiger charge is 2.49. The molecule has 2 aromatic rings. The number of rotatable bonds is 1. The van der Waals surface area contributed by atoms with E-state index in [9.17, 15) is 19.5 Å². The van der Waals surface area contributed by atoms with E-state index in [2.05, 4.69) is 4.98 Å². The van der Waals surface area contributed by atoms with Crippen molar-refractivity contribution in [2.45, 2.75) is 23.1 Å². The number of aromatic amines is 1. The number of carbonyl (C=O) groups is 2. The van der Waals surface area contributed by atoms with E-state index in [1.807, 2.05) is 19.1 Å². The summed E-state index contributed by atoms with van der Waals surface area (Å²) in [5.41, 5.74) is 1.70. The van der Waals surface area contributed by atoms with Gasteiger partial charge in [0.2, 0.25) is 0 Å². The van der Waals surface area contributed by atoms with Crippen molar-refractivity contribution >= 4 is 35.0 Å². The summed E-state index contributed by atoms with van der Waals surface area (Å²) in [6, 6.07) is 5.39. The number of thioether (sulfide) groups is 1. The highest BCUT2D eigenvalue weighted by Crippen LogP contribution is 2.53. The molecule has 3 atom stereocenters. The molecule has 0 amide bonds. The molecule has 0 saturated heterocycles. The van der Waals surface area contributed by atoms with Gasteiger partial charge in [0.05, 0.1) is 22.2 Å². The lowest BCUT2D eigenvalue weighted by molar-refractivity contribution is -0.306. The maximum absolute atomic E-state index is 12.4. The predicted octanol–water partition coefficient (Wildman–Crippen LogP) is 0.636. The number of esters is 1. The van der Waals surface area contributed by atoms with Gasteiger partial charge in [-0.25, -0.2) is 0 Å². The van der Waals surface area contributed by atoms with Gasteiger partial charge in [0.1, 0.15) is 5.75 Å². The summed E-state index contributed by atoms with van der Waals surface area (Å²) in [5, 5.41) is 10.9. The van der Waals surface area contributed by atoms with E-state index < -0.39 is 29.0 Å². The molecule has 1 aromatic heterocycles. The van der Waals surface area contributed by atoms with Gasteiger partial charge in [-0.05, 0) is 13.0 Å². The Morgan fingerprint density at radius 1 is 1.35 bits per heavy atom. The molecule has 4 rings (SSSR count). The van der Waals surface area contributed by atoms with Gasteiger partial charge in [0, 0.05) is 16.4 Å². The summed E-state index contributed by atoms with van der Waals surface area (Å²) in [7, 11) is 0. The summed E-state index contributed by atoms with van der Waals surface area (Å²) < 4.78 is 5.33. The second-order valence-electron chi connectivity index (χ2n) is 5.53. The van der Waals surface area contributed by atoms with Crippen LogP contribution in [0.25, 0.3) is 0 Å². The van der Waals surface area contributed by atoms with Gasteiger partial charge in [0.15, 0.2) is 0 Å². The molecular formula is C15H10NO5S2-. The van der Waals surface area contributed by atoms with Gasteiger partial charge in [-0.2, -0.15) is 0 Å². The molecule has 0 unspecified atom stereocenters. The number of ether oxygens (including phenoxy) is 1. The fourth-order valence-electron chi connectivity index (χ4n) is 3.13. The zero-order valence-corrected chi connectivity index (χ0v) is 13.5. The number of nitrogens with one attached hydrogen (secondary N) is 1. The van der Waals surface area contributed by atoms with E-state index in [4.69, 9.17) is 4.74 Å². The average molecular weight is 348 g/mol. The van der Waals surface area contributed by atoms with Crippen molar-refractivity contribution < 1.29 is 19.4 Å². The second kappa shape index (κ2) is 4.97. The number of carbonyl (C=O) groups excluding carboxylic acids is 2. The molecule has 0 spiro atoms. The molecule has 2 aliphatic rings. The molecule has 3 heterocycles. The number of hydrogen-bond donors (Lipinski definition) is 1. The Kier molecular flexibility index (Phi) is 3.14. The molecule has 23 heavy (non-hydrogen) atoms. The van der Waals surface area contributed by atoms with Crippen molar-refractivity contribution in [2.75, 3.05) is 0 Å². The van der Waals surface area contributed by atoms with Crippen molar-refractivity contribution in [3.63, 3.8) is 0 Å². The highest BCUT2D eigenvalue weighted by molar-refractivity contribution is 8.00. The van der Waals surface area contributed by atoms with Gasteiger partial charge in [-0.1, -0.05) is 40.8 Å². The maximum Gasteiger partial charge on any atom is 0.316 e. The third kappa shape index (κ3) is 2.13. The monoisotopic (exact) mass is 348 g/mol. The zero-order chi connectivity index (χ0) is 16.3. The highest BCUT2D eigenvalue weighted by atomic mass is 32.2. The normalized spacial score (nSPS) is 25.1. The molecule has 0 saturated carbocycles.